The van der Waals surface area contributed by atoms with Gasteiger partial charge in [-0.15, -0.1) is 0 Å². The number of hydrogen-bond acceptors (Lipinski definition) is 4. The van der Waals surface area contributed by atoms with Crippen molar-refractivity contribution in [2.45, 2.75) is 19.3 Å². The Labute approximate surface area is 146 Å². The van der Waals surface area contributed by atoms with Crippen molar-refractivity contribution < 1.29 is 19.4 Å². The van der Waals surface area contributed by atoms with E-state index in [-0.39, 0.29) is 23.1 Å². The predicted octanol–water partition coefficient (Wildman–Crippen LogP) is 2.73. The van der Waals surface area contributed by atoms with Gasteiger partial charge in [-0.1, -0.05) is 18.2 Å². The minimum absolute atomic E-state index is 0.116. The fourth-order valence-corrected chi connectivity index (χ4v) is 3.27. The molecule has 3 rings (SSSR count). The van der Waals surface area contributed by atoms with Crippen LogP contribution in [-0.4, -0.2) is 47.1 Å². The van der Waals surface area contributed by atoms with E-state index in [9.17, 15) is 9.59 Å². The van der Waals surface area contributed by atoms with Gasteiger partial charge in [0.1, 0.15) is 11.4 Å². The molecule has 6 heteroatoms. The molecule has 0 bridgehead atoms. The zero-order valence-corrected chi connectivity index (χ0v) is 14.2. The molecule has 2 aromatic rings. The molecule has 1 aliphatic rings. The molecule has 6 nitrogen and oxygen atoms in total. The van der Waals surface area contributed by atoms with Crippen LogP contribution < -0.4 is 4.74 Å². The number of nitrogens with zero attached hydrogens (tertiary/aromatic N) is 2. The Hall–Kier alpha value is -2.89. The van der Waals surface area contributed by atoms with E-state index < -0.39 is 5.97 Å². The van der Waals surface area contributed by atoms with Gasteiger partial charge in [0.15, 0.2) is 0 Å². The summed E-state index contributed by atoms with van der Waals surface area (Å²) in [6.07, 6.45) is 0.859. The van der Waals surface area contributed by atoms with E-state index in [1.165, 1.54) is 12.1 Å². The molecule has 1 fully saturated rings. The van der Waals surface area contributed by atoms with E-state index in [0.717, 1.165) is 17.7 Å². The number of carboxylic acid groups (broad SMARTS) is 1. The van der Waals surface area contributed by atoms with Crippen LogP contribution >= 0.6 is 0 Å². The smallest absolute Gasteiger partial charge is 0.337 e. The monoisotopic (exact) mass is 340 g/mol. The highest BCUT2D eigenvalue weighted by atomic mass is 16.5. The third-order valence-electron chi connectivity index (χ3n) is 4.59. The molecule has 2 heterocycles. The fraction of sp³-hybridized carbons (Fsp3) is 0.316. The molecule has 1 aliphatic heterocycles. The lowest BCUT2D eigenvalue weighted by molar-refractivity contribution is 0.0693. The number of carboxylic acids is 1. The van der Waals surface area contributed by atoms with Crippen LogP contribution in [0.2, 0.25) is 0 Å². The van der Waals surface area contributed by atoms with E-state index in [1.807, 2.05) is 24.3 Å². The Balaban J connectivity index is 1.77. The second-order valence-electron chi connectivity index (χ2n) is 6.11. The predicted molar refractivity (Wildman–Crippen MR) is 92.2 cm³/mol. The van der Waals surface area contributed by atoms with Crippen molar-refractivity contribution in [3.8, 4) is 5.75 Å². The first-order valence-corrected chi connectivity index (χ1v) is 8.14. The summed E-state index contributed by atoms with van der Waals surface area (Å²) in [7, 11) is 1.65. The minimum Gasteiger partial charge on any atom is -0.496 e. The zero-order chi connectivity index (χ0) is 18.0. The quantitative estimate of drug-likeness (QED) is 0.926. The lowest BCUT2D eigenvalue weighted by Crippen LogP contribution is -2.29. The van der Waals surface area contributed by atoms with Gasteiger partial charge in [-0.05, 0) is 37.1 Å². The van der Waals surface area contributed by atoms with Gasteiger partial charge < -0.3 is 14.7 Å². The third-order valence-corrected chi connectivity index (χ3v) is 4.59. The maximum Gasteiger partial charge on any atom is 0.337 e. The van der Waals surface area contributed by atoms with Crippen molar-refractivity contribution in [1.29, 1.82) is 0 Å². The molecule has 0 radical (unpaired) electrons. The first-order chi connectivity index (χ1) is 12.0. The van der Waals surface area contributed by atoms with E-state index in [1.54, 1.807) is 18.9 Å². The number of rotatable bonds is 4. The Bertz CT molecular complexity index is 819. The van der Waals surface area contributed by atoms with Gasteiger partial charge in [-0.25, -0.2) is 9.78 Å². The molecular formula is C19H20N2O4. The first-order valence-electron chi connectivity index (χ1n) is 8.14. The van der Waals surface area contributed by atoms with Gasteiger partial charge in [0, 0.05) is 19.0 Å². The topological polar surface area (TPSA) is 79.7 Å². The van der Waals surface area contributed by atoms with Crippen LogP contribution in [-0.2, 0) is 0 Å². The van der Waals surface area contributed by atoms with Crippen LogP contribution in [0.1, 0.15) is 44.4 Å². The number of aryl methyl sites for hydroxylation is 1. The summed E-state index contributed by atoms with van der Waals surface area (Å²) >= 11 is 0. The molecule has 25 heavy (non-hydrogen) atoms. The largest absolute Gasteiger partial charge is 0.496 e. The number of amides is 1. The Kier molecular flexibility index (Phi) is 4.70. The second kappa shape index (κ2) is 6.93. The number of ether oxygens (including phenoxy) is 1. The Morgan fingerprint density at radius 1 is 1.24 bits per heavy atom. The molecular weight excluding hydrogens is 320 g/mol. The SMILES string of the molecule is COc1ccccc1C1CCN(C(=O)c2ccc(C(=O)O)c(C)n2)C1. The van der Waals surface area contributed by atoms with Crippen LogP contribution in [0.4, 0.5) is 0 Å². The number of benzene rings is 1. The Morgan fingerprint density at radius 3 is 2.68 bits per heavy atom. The molecule has 130 valence electrons. The number of likely N-dealkylation sites (tertiary alicyclic amines) is 1. The molecule has 1 N–H and O–H groups in total. The van der Waals surface area contributed by atoms with Gasteiger partial charge in [0.2, 0.25) is 0 Å². The third kappa shape index (κ3) is 3.33. The van der Waals surface area contributed by atoms with Gasteiger partial charge in [0.25, 0.3) is 5.91 Å². The maximum atomic E-state index is 12.7. The summed E-state index contributed by atoms with van der Waals surface area (Å²) < 4.78 is 5.42. The number of aromatic carboxylic acids is 1. The number of pyridine rings is 1. The van der Waals surface area contributed by atoms with Crippen molar-refractivity contribution >= 4 is 11.9 Å². The summed E-state index contributed by atoms with van der Waals surface area (Å²) in [5, 5.41) is 9.07. The second-order valence-corrected chi connectivity index (χ2v) is 6.11. The van der Waals surface area contributed by atoms with Crippen molar-refractivity contribution in [1.82, 2.24) is 9.88 Å². The Morgan fingerprint density at radius 2 is 2.00 bits per heavy atom. The number of aromatic nitrogens is 1. The lowest BCUT2D eigenvalue weighted by atomic mass is 9.97. The van der Waals surface area contributed by atoms with Crippen LogP contribution in [0.25, 0.3) is 0 Å². The van der Waals surface area contributed by atoms with E-state index >= 15 is 0 Å². The molecule has 0 aliphatic carbocycles. The van der Waals surface area contributed by atoms with Gasteiger partial charge in [-0.2, -0.15) is 0 Å². The number of carbonyl (C=O) groups is 2. The average molecular weight is 340 g/mol. The van der Waals surface area contributed by atoms with Gasteiger partial charge in [-0.3, -0.25) is 4.79 Å². The first kappa shape index (κ1) is 17.0. The number of carbonyl (C=O) groups excluding carboxylic acids is 1. The van der Waals surface area contributed by atoms with Gasteiger partial charge >= 0.3 is 5.97 Å². The van der Waals surface area contributed by atoms with Crippen molar-refractivity contribution in [3.05, 3.63) is 58.9 Å². The molecule has 1 unspecified atom stereocenters. The van der Waals surface area contributed by atoms with E-state index in [2.05, 4.69) is 4.98 Å². The van der Waals surface area contributed by atoms with Crippen LogP contribution in [0, 0.1) is 6.92 Å². The maximum absolute atomic E-state index is 12.7. The summed E-state index contributed by atoms with van der Waals surface area (Å²) in [6, 6.07) is 10.8. The van der Waals surface area contributed by atoms with Crippen LogP contribution in [0.5, 0.6) is 5.75 Å². The summed E-state index contributed by atoms with van der Waals surface area (Å²) in [4.78, 5) is 29.7. The van der Waals surface area contributed by atoms with Crippen LogP contribution in [0.3, 0.4) is 0 Å². The number of para-hydroxylation sites is 1. The van der Waals surface area contributed by atoms with Gasteiger partial charge in [0.05, 0.1) is 18.4 Å². The van der Waals surface area contributed by atoms with Crippen molar-refractivity contribution in [2.75, 3.05) is 20.2 Å². The number of hydrogen-bond donors (Lipinski definition) is 1. The molecule has 0 spiro atoms. The highest BCUT2D eigenvalue weighted by Gasteiger charge is 2.30. The molecule has 1 aromatic carbocycles. The van der Waals surface area contributed by atoms with Crippen molar-refractivity contribution in [3.63, 3.8) is 0 Å². The fourth-order valence-electron chi connectivity index (χ4n) is 3.27. The number of methoxy groups -OCH3 is 1. The summed E-state index contributed by atoms with van der Waals surface area (Å²) in [6.45, 7) is 2.84. The molecule has 1 aromatic heterocycles. The minimum atomic E-state index is -1.04. The highest BCUT2D eigenvalue weighted by molar-refractivity contribution is 5.94. The highest BCUT2D eigenvalue weighted by Crippen LogP contribution is 2.33. The standard InChI is InChI=1S/C19H20N2O4/c1-12-14(19(23)24)7-8-16(20-12)18(22)21-10-9-13(11-21)15-5-3-4-6-17(15)25-2/h3-8,13H,9-11H2,1-2H3,(H,23,24). The van der Waals surface area contributed by atoms with Crippen LogP contribution in [0.15, 0.2) is 36.4 Å². The molecule has 1 saturated heterocycles. The average Bonchev–Trinajstić information content (AvgIpc) is 3.10. The summed E-state index contributed by atoms with van der Waals surface area (Å²) in [5.41, 5.74) is 1.84. The lowest BCUT2D eigenvalue weighted by Gasteiger charge is -2.18. The molecule has 1 amide bonds. The molecule has 0 saturated carbocycles. The normalized spacial score (nSPS) is 16.7. The zero-order valence-electron chi connectivity index (χ0n) is 14.2. The summed E-state index contributed by atoms with van der Waals surface area (Å²) in [5.74, 6) is -0.153. The van der Waals surface area contributed by atoms with Crippen molar-refractivity contribution in [2.24, 2.45) is 0 Å². The van der Waals surface area contributed by atoms with E-state index in [4.69, 9.17) is 9.84 Å². The van der Waals surface area contributed by atoms with E-state index in [0.29, 0.717) is 18.8 Å². The molecule has 1 atom stereocenters.